The molecule has 2 aliphatic heterocycles. The fourth-order valence-corrected chi connectivity index (χ4v) is 7.85. The first-order chi connectivity index (χ1) is 22.4. The molecule has 0 unspecified atom stereocenters. The van der Waals surface area contributed by atoms with E-state index in [4.69, 9.17) is 10.5 Å². The van der Waals surface area contributed by atoms with Crippen molar-refractivity contribution >= 4 is 29.7 Å². The van der Waals surface area contributed by atoms with Crippen LogP contribution in [0.3, 0.4) is 0 Å². The number of nitrogens with one attached hydrogen (secondary N) is 3. The number of benzene rings is 2. The third-order valence-electron chi connectivity index (χ3n) is 10.5. The first kappa shape index (κ1) is 32.4. The molecule has 0 radical (unpaired) electrons. The van der Waals surface area contributed by atoms with Gasteiger partial charge in [-0.3, -0.25) is 19.2 Å². The van der Waals surface area contributed by atoms with E-state index in [0.717, 1.165) is 22.3 Å². The summed E-state index contributed by atoms with van der Waals surface area (Å²) in [5.74, 6) is -3.71. The van der Waals surface area contributed by atoms with Gasteiger partial charge in [0.15, 0.2) is 0 Å². The zero-order chi connectivity index (χ0) is 33.6. The molecule has 2 heterocycles. The number of rotatable bonds is 11. The molecule has 6 atom stereocenters. The lowest BCUT2D eigenvalue weighted by atomic mass is 9.96. The number of hydrogen-bond acceptors (Lipinski definition) is 6. The Morgan fingerprint density at radius 3 is 2.23 bits per heavy atom. The van der Waals surface area contributed by atoms with Crippen LogP contribution in [0.25, 0.3) is 11.1 Å². The molecule has 2 saturated heterocycles. The number of fused-ring (bicyclic) bond motifs is 4. The van der Waals surface area contributed by atoms with Crippen molar-refractivity contribution in [2.24, 2.45) is 28.9 Å². The van der Waals surface area contributed by atoms with Crippen molar-refractivity contribution in [2.75, 3.05) is 19.7 Å². The zero-order valence-electron chi connectivity index (χ0n) is 26.2. The lowest BCUT2D eigenvalue weighted by Gasteiger charge is -2.33. The molecule has 2 aromatic rings. The summed E-state index contributed by atoms with van der Waals surface area (Å²) in [5, 5.41) is 7.65. The SMILES string of the molecule is CC1(C)[C@@H]2[C@@H](C(=O)N[C@@H](C[C@@H]3CCNC3=O)C(N)=O)N(C(=O)[C@H](CC(F)F)NC(=O)OCC3c4ccccc4-c4ccccc43)C[C@@H]21. The molecule has 1 saturated carbocycles. The number of carbonyl (C=O) groups excluding carboxylic acids is 5. The first-order valence-electron chi connectivity index (χ1n) is 16.0. The standard InChI is InChI=1S/C34H39F2N5O6/c1-34(2)23-15-41(28(27(23)34)31(44)39-24(29(37)42)13-17-11-12-38-30(17)43)32(45)25(14-26(35)36)40-33(46)47-16-22-20-9-5-3-7-18(20)19-8-4-6-10-21(19)22/h3-10,17,22-28H,11-16H2,1-2H3,(H2,37,42)(H,38,43)(H,39,44)(H,40,46)/t17-,23-,24-,25-,27-,28-/m0/s1. The van der Waals surface area contributed by atoms with Crippen LogP contribution in [-0.4, -0.2) is 78.9 Å². The molecular weight excluding hydrogens is 612 g/mol. The van der Waals surface area contributed by atoms with E-state index in [2.05, 4.69) is 16.0 Å². The van der Waals surface area contributed by atoms with Crippen molar-refractivity contribution in [1.29, 1.82) is 0 Å². The number of hydrogen-bond donors (Lipinski definition) is 4. The highest BCUT2D eigenvalue weighted by Gasteiger charge is 2.69. The summed E-state index contributed by atoms with van der Waals surface area (Å²) in [5.41, 5.74) is 9.24. The molecule has 3 fully saturated rings. The minimum Gasteiger partial charge on any atom is -0.449 e. The molecule has 0 spiro atoms. The Bertz CT molecular complexity index is 1550. The van der Waals surface area contributed by atoms with Crippen molar-refractivity contribution in [3.63, 3.8) is 0 Å². The molecule has 11 nitrogen and oxygen atoms in total. The maximum Gasteiger partial charge on any atom is 0.407 e. The van der Waals surface area contributed by atoms with E-state index in [1.165, 1.54) is 4.90 Å². The van der Waals surface area contributed by atoms with E-state index in [1.54, 1.807) is 0 Å². The van der Waals surface area contributed by atoms with Crippen molar-refractivity contribution in [3.05, 3.63) is 59.7 Å². The molecule has 13 heteroatoms. The summed E-state index contributed by atoms with van der Waals surface area (Å²) in [7, 11) is 0. The highest BCUT2D eigenvalue weighted by molar-refractivity contribution is 5.95. The Kier molecular flexibility index (Phi) is 8.66. The fraction of sp³-hybridized carbons (Fsp3) is 0.500. The predicted octanol–water partition coefficient (Wildman–Crippen LogP) is 2.53. The van der Waals surface area contributed by atoms with Gasteiger partial charge < -0.3 is 31.3 Å². The third-order valence-corrected chi connectivity index (χ3v) is 10.5. The summed E-state index contributed by atoms with van der Waals surface area (Å²) < 4.78 is 33.1. The van der Waals surface area contributed by atoms with Crippen LogP contribution in [0.5, 0.6) is 0 Å². The van der Waals surface area contributed by atoms with Crippen LogP contribution in [0, 0.1) is 23.2 Å². The van der Waals surface area contributed by atoms with Crippen molar-refractivity contribution in [2.45, 2.75) is 63.6 Å². The number of halogens is 2. The fourth-order valence-electron chi connectivity index (χ4n) is 7.85. The average molecular weight is 652 g/mol. The summed E-state index contributed by atoms with van der Waals surface area (Å²) >= 11 is 0. The molecule has 0 bridgehead atoms. The maximum absolute atomic E-state index is 13.8. The van der Waals surface area contributed by atoms with Crippen LogP contribution < -0.4 is 21.7 Å². The normalized spacial score (nSPS) is 24.9. The van der Waals surface area contributed by atoms with Crippen LogP contribution in [0.4, 0.5) is 13.6 Å². The van der Waals surface area contributed by atoms with Gasteiger partial charge in [-0.15, -0.1) is 0 Å². The van der Waals surface area contributed by atoms with Gasteiger partial charge in [0.25, 0.3) is 0 Å². The number of nitrogens with two attached hydrogens (primary N) is 1. The van der Waals surface area contributed by atoms with Gasteiger partial charge in [-0.05, 0) is 52.3 Å². The first-order valence-corrected chi connectivity index (χ1v) is 16.0. The number of carbonyl (C=O) groups is 5. The maximum atomic E-state index is 13.8. The van der Waals surface area contributed by atoms with Crippen molar-refractivity contribution < 1.29 is 37.5 Å². The molecule has 0 aromatic heterocycles. The average Bonchev–Trinajstić information content (AvgIpc) is 3.47. The summed E-state index contributed by atoms with van der Waals surface area (Å²) in [6, 6.07) is 11.6. The predicted molar refractivity (Wildman–Crippen MR) is 166 cm³/mol. The summed E-state index contributed by atoms with van der Waals surface area (Å²) in [6.07, 6.45) is -4.45. The number of primary amides is 1. The lowest BCUT2D eigenvalue weighted by molar-refractivity contribution is -0.143. The number of nitrogens with zero attached hydrogens (tertiary/aromatic N) is 1. The van der Waals surface area contributed by atoms with Crippen molar-refractivity contribution in [3.8, 4) is 11.1 Å². The largest absolute Gasteiger partial charge is 0.449 e. The zero-order valence-corrected chi connectivity index (χ0v) is 26.2. The Balaban J connectivity index is 1.15. The van der Waals surface area contributed by atoms with Crippen LogP contribution in [0.15, 0.2) is 48.5 Å². The van der Waals surface area contributed by atoms with E-state index in [9.17, 15) is 32.8 Å². The Hall–Kier alpha value is -4.55. The van der Waals surface area contributed by atoms with Gasteiger partial charge in [-0.1, -0.05) is 62.4 Å². The third kappa shape index (κ3) is 6.15. The second kappa shape index (κ2) is 12.6. The second-order valence-electron chi connectivity index (χ2n) is 13.5. The number of alkyl halides is 2. The molecule has 2 aromatic carbocycles. The van der Waals surface area contributed by atoms with Crippen LogP contribution >= 0.6 is 0 Å². The molecule has 47 heavy (non-hydrogen) atoms. The highest BCUT2D eigenvalue weighted by Crippen LogP contribution is 2.65. The number of piperidine rings is 1. The van der Waals surface area contributed by atoms with Gasteiger partial charge in [0.2, 0.25) is 30.1 Å². The van der Waals surface area contributed by atoms with E-state index >= 15 is 0 Å². The van der Waals surface area contributed by atoms with Gasteiger partial charge in [0.1, 0.15) is 24.7 Å². The minimum absolute atomic E-state index is 0.00239. The molecule has 5 amide bonds. The van der Waals surface area contributed by atoms with E-state index in [-0.39, 0.29) is 48.6 Å². The number of ether oxygens (including phenoxy) is 1. The van der Waals surface area contributed by atoms with Crippen LogP contribution in [0.1, 0.15) is 50.2 Å². The Morgan fingerprint density at radius 1 is 1.02 bits per heavy atom. The molecule has 2 aliphatic carbocycles. The van der Waals surface area contributed by atoms with Gasteiger partial charge in [0.05, 0.1) is 0 Å². The topological polar surface area (TPSA) is 160 Å². The van der Waals surface area contributed by atoms with Crippen LogP contribution in [0.2, 0.25) is 0 Å². The summed E-state index contributed by atoms with van der Waals surface area (Å²) in [4.78, 5) is 66.2. The Morgan fingerprint density at radius 2 is 1.66 bits per heavy atom. The van der Waals surface area contributed by atoms with Gasteiger partial charge in [-0.25, -0.2) is 13.6 Å². The number of likely N-dealkylation sites (tertiary alicyclic amines) is 1. The Labute approximate surface area is 270 Å². The number of amides is 5. The smallest absolute Gasteiger partial charge is 0.407 e. The van der Waals surface area contributed by atoms with Gasteiger partial charge >= 0.3 is 6.09 Å². The number of alkyl carbamates (subject to hydrolysis) is 1. The molecular formula is C34H39F2N5O6. The van der Waals surface area contributed by atoms with Crippen molar-refractivity contribution in [1.82, 2.24) is 20.9 Å². The molecule has 5 N–H and O–H groups in total. The van der Waals surface area contributed by atoms with Gasteiger partial charge in [-0.2, -0.15) is 0 Å². The minimum atomic E-state index is -2.93. The van der Waals surface area contributed by atoms with E-state index in [0.29, 0.717) is 13.0 Å². The second-order valence-corrected chi connectivity index (χ2v) is 13.5. The van der Waals surface area contributed by atoms with Gasteiger partial charge in [0, 0.05) is 31.3 Å². The van der Waals surface area contributed by atoms with E-state index < -0.39 is 60.7 Å². The highest BCUT2D eigenvalue weighted by atomic mass is 19.3. The van der Waals surface area contributed by atoms with Crippen LogP contribution in [-0.2, 0) is 23.9 Å². The molecule has 250 valence electrons. The quantitative estimate of drug-likeness (QED) is 0.292. The lowest BCUT2D eigenvalue weighted by Crippen LogP contribution is -2.58. The molecule has 6 rings (SSSR count). The molecule has 4 aliphatic rings. The van der Waals surface area contributed by atoms with E-state index in [1.807, 2.05) is 62.4 Å². The monoisotopic (exact) mass is 651 g/mol. The summed E-state index contributed by atoms with van der Waals surface area (Å²) in [6.45, 7) is 4.39.